The SMILES string of the molecule is O=C(O)/C=C/c1csc(N2CCCC2)n1. The van der Waals surface area contributed by atoms with Crippen LogP contribution in [0.2, 0.25) is 0 Å². The van der Waals surface area contributed by atoms with Crippen molar-refractivity contribution in [3.8, 4) is 0 Å². The van der Waals surface area contributed by atoms with E-state index in [-0.39, 0.29) is 0 Å². The summed E-state index contributed by atoms with van der Waals surface area (Å²) in [6.45, 7) is 2.13. The summed E-state index contributed by atoms with van der Waals surface area (Å²) in [5, 5.41) is 11.4. The quantitative estimate of drug-likeness (QED) is 0.796. The maximum Gasteiger partial charge on any atom is 0.328 e. The van der Waals surface area contributed by atoms with E-state index >= 15 is 0 Å². The predicted octanol–water partition coefficient (Wildman–Crippen LogP) is 1.84. The fraction of sp³-hybridized carbons (Fsp3) is 0.400. The second-order valence-electron chi connectivity index (χ2n) is 3.42. The molecule has 5 heteroatoms. The van der Waals surface area contributed by atoms with Gasteiger partial charge in [-0.05, 0) is 18.9 Å². The minimum absolute atomic E-state index is 0.726. The summed E-state index contributed by atoms with van der Waals surface area (Å²) < 4.78 is 0. The molecule has 1 aliphatic heterocycles. The van der Waals surface area contributed by atoms with E-state index in [4.69, 9.17) is 5.11 Å². The number of nitrogens with zero attached hydrogens (tertiary/aromatic N) is 2. The van der Waals surface area contributed by atoms with Crippen LogP contribution in [0.4, 0.5) is 5.13 Å². The van der Waals surface area contributed by atoms with Crippen molar-refractivity contribution in [1.29, 1.82) is 0 Å². The van der Waals surface area contributed by atoms with Gasteiger partial charge in [-0.3, -0.25) is 0 Å². The van der Waals surface area contributed by atoms with Gasteiger partial charge in [-0.25, -0.2) is 9.78 Å². The number of aliphatic carboxylic acids is 1. The predicted molar refractivity (Wildman–Crippen MR) is 60.2 cm³/mol. The molecule has 0 aliphatic carbocycles. The van der Waals surface area contributed by atoms with Crippen LogP contribution in [-0.2, 0) is 4.79 Å². The molecular formula is C10H12N2O2S. The molecule has 0 amide bonds. The van der Waals surface area contributed by atoms with Crippen LogP contribution in [0.15, 0.2) is 11.5 Å². The van der Waals surface area contributed by atoms with E-state index in [2.05, 4.69) is 9.88 Å². The normalized spacial score (nSPS) is 16.4. The Labute approximate surface area is 91.9 Å². The van der Waals surface area contributed by atoms with Gasteiger partial charge in [0, 0.05) is 24.5 Å². The summed E-state index contributed by atoms with van der Waals surface area (Å²) in [4.78, 5) is 16.9. The summed E-state index contributed by atoms with van der Waals surface area (Å²) in [5.74, 6) is -0.939. The van der Waals surface area contributed by atoms with Gasteiger partial charge in [0.15, 0.2) is 5.13 Å². The zero-order chi connectivity index (χ0) is 10.7. The van der Waals surface area contributed by atoms with E-state index < -0.39 is 5.97 Å². The summed E-state index contributed by atoms with van der Waals surface area (Å²) >= 11 is 1.57. The highest BCUT2D eigenvalue weighted by Crippen LogP contribution is 2.24. The van der Waals surface area contributed by atoms with Gasteiger partial charge in [0.1, 0.15) is 0 Å². The van der Waals surface area contributed by atoms with Gasteiger partial charge in [0.05, 0.1) is 5.69 Å². The zero-order valence-electron chi connectivity index (χ0n) is 8.22. The van der Waals surface area contributed by atoms with Gasteiger partial charge < -0.3 is 10.0 Å². The second kappa shape index (κ2) is 4.44. The van der Waals surface area contributed by atoms with Crippen molar-refractivity contribution in [3.63, 3.8) is 0 Å². The van der Waals surface area contributed by atoms with Gasteiger partial charge in [0.2, 0.25) is 0 Å². The average Bonchev–Trinajstić information content (AvgIpc) is 2.85. The maximum absolute atomic E-state index is 10.3. The molecule has 0 aromatic carbocycles. The Bertz CT molecular complexity index is 381. The van der Waals surface area contributed by atoms with E-state index in [0.717, 1.165) is 30.0 Å². The molecule has 0 radical (unpaired) electrons. The van der Waals surface area contributed by atoms with Crippen LogP contribution in [0.5, 0.6) is 0 Å². The molecular weight excluding hydrogens is 212 g/mol. The van der Waals surface area contributed by atoms with Crippen LogP contribution in [0.25, 0.3) is 6.08 Å². The molecule has 15 heavy (non-hydrogen) atoms. The molecule has 1 aromatic rings. The van der Waals surface area contributed by atoms with Crippen molar-refractivity contribution < 1.29 is 9.90 Å². The molecule has 2 heterocycles. The lowest BCUT2D eigenvalue weighted by molar-refractivity contribution is -0.131. The van der Waals surface area contributed by atoms with Crippen LogP contribution in [0.1, 0.15) is 18.5 Å². The molecule has 1 fully saturated rings. The number of carboxylic acid groups (broad SMARTS) is 1. The van der Waals surface area contributed by atoms with E-state index in [0.29, 0.717) is 0 Å². The van der Waals surface area contributed by atoms with Gasteiger partial charge in [-0.2, -0.15) is 0 Å². The van der Waals surface area contributed by atoms with Crippen molar-refractivity contribution in [2.45, 2.75) is 12.8 Å². The standard InChI is InChI=1S/C10H12N2O2S/c13-9(14)4-3-8-7-15-10(11-8)12-5-1-2-6-12/h3-4,7H,1-2,5-6H2,(H,13,14)/b4-3+. The Morgan fingerprint density at radius 3 is 2.93 bits per heavy atom. The number of anilines is 1. The number of carbonyl (C=O) groups is 1. The molecule has 2 rings (SSSR count). The molecule has 1 N–H and O–H groups in total. The first kappa shape index (κ1) is 10.2. The highest BCUT2D eigenvalue weighted by atomic mass is 32.1. The first-order valence-electron chi connectivity index (χ1n) is 4.87. The molecule has 1 aliphatic rings. The van der Waals surface area contributed by atoms with Crippen LogP contribution in [0, 0.1) is 0 Å². The molecule has 0 spiro atoms. The Balaban J connectivity index is 2.06. The molecule has 0 unspecified atom stereocenters. The number of hydrogen-bond donors (Lipinski definition) is 1. The summed E-state index contributed by atoms with van der Waals surface area (Å²) in [7, 11) is 0. The van der Waals surface area contributed by atoms with E-state index in [1.807, 2.05) is 5.38 Å². The van der Waals surface area contributed by atoms with Gasteiger partial charge >= 0.3 is 5.97 Å². The van der Waals surface area contributed by atoms with Gasteiger partial charge in [-0.15, -0.1) is 11.3 Å². The fourth-order valence-corrected chi connectivity index (χ4v) is 2.41. The molecule has 0 saturated carbocycles. The second-order valence-corrected chi connectivity index (χ2v) is 4.26. The summed E-state index contributed by atoms with van der Waals surface area (Å²) in [5.41, 5.74) is 0.726. The monoisotopic (exact) mass is 224 g/mol. The molecule has 1 saturated heterocycles. The zero-order valence-corrected chi connectivity index (χ0v) is 9.04. The lowest BCUT2D eigenvalue weighted by atomic mass is 10.4. The van der Waals surface area contributed by atoms with Crippen molar-refractivity contribution in [2.75, 3.05) is 18.0 Å². The fourth-order valence-electron chi connectivity index (χ4n) is 1.56. The largest absolute Gasteiger partial charge is 0.478 e. The third-order valence-electron chi connectivity index (χ3n) is 2.28. The van der Waals surface area contributed by atoms with E-state index in [9.17, 15) is 4.79 Å². The summed E-state index contributed by atoms with van der Waals surface area (Å²) in [6.07, 6.45) is 5.08. The molecule has 0 atom stereocenters. The van der Waals surface area contributed by atoms with Crippen LogP contribution in [-0.4, -0.2) is 29.1 Å². The molecule has 1 aromatic heterocycles. The van der Waals surface area contributed by atoms with Crippen LogP contribution >= 0.6 is 11.3 Å². The van der Waals surface area contributed by atoms with E-state index in [1.54, 1.807) is 11.3 Å². The molecule has 80 valence electrons. The topological polar surface area (TPSA) is 53.4 Å². The summed E-state index contributed by atoms with van der Waals surface area (Å²) in [6, 6.07) is 0. The third kappa shape index (κ3) is 2.56. The van der Waals surface area contributed by atoms with Crippen LogP contribution in [0.3, 0.4) is 0 Å². The van der Waals surface area contributed by atoms with Crippen molar-refractivity contribution in [1.82, 2.24) is 4.98 Å². The molecule has 0 bridgehead atoms. The van der Waals surface area contributed by atoms with Gasteiger partial charge in [-0.1, -0.05) is 0 Å². The number of hydrogen-bond acceptors (Lipinski definition) is 4. The highest BCUT2D eigenvalue weighted by molar-refractivity contribution is 7.13. The van der Waals surface area contributed by atoms with Crippen LogP contribution < -0.4 is 4.90 Å². The number of thiazole rings is 1. The number of rotatable bonds is 3. The Morgan fingerprint density at radius 1 is 1.53 bits per heavy atom. The first-order valence-corrected chi connectivity index (χ1v) is 5.75. The van der Waals surface area contributed by atoms with E-state index in [1.165, 1.54) is 18.9 Å². The minimum atomic E-state index is -0.939. The Kier molecular flexibility index (Phi) is 3.01. The Hall–Kier alpha value is -1.36. The first-order chi connectivity index (χ1) is 7.25. The number of carboxylic acids is 1. The average molecular weight is 224 g/mol. The maximum atomic E-state index is 10.3. The lowest BCUT2D eigenvalue weighted by Crippen LogP contribution is -2.17. The smallest absolute Gasteiger partial charge is 0.328 e. The number of aromatic nitrogens is 1. The Morgan fingerprint density at radius 2 is 2.27 bits per heavy atom. The van der Waals surface area contributed by atoms with Crippen molar-refractivity contribution in [3.05, 3.63) is 17.2 Å². The molecule has 4 nitrogen and oxygen atoms in total. The third-order valence-corrected chi connectivity index (χ3v) is 3.20. The van der Waals surface area contributed by atoms with Gasteiger partial charge in [0.25, 0.3) is 0 Å². The van der Waals surface area contributed by atoms with Crippen molar-refractivity contribution in [2.24, 2.45) is 0 Å². The minimum Gasteiger partial charge on any atom is -0.478 e. The highest BCUT2D eigenvalue weighted by Gasteiger charge is 2.14. The van der Waals surface area contributed by atoms with Crippen molar-refractivity contribution >= 4 is 28.5 Å². The lowest BCUT2D eigenvalue weighted by Gasteiger charge is -2.11.